The van der Waals surface area contributed by atoms with Crippen molar-refractivity contribution in [2.45, 2.75) is 6.42 Å². The Kier molecular flexibility index (Phi) is 3.16. The molecule has 0 aliphatic heterocycles. The number of halogens is 1. The molecule has 0 unspecified atom stereocenters. The molecule has 4 nitrogen and oxygen atoms in total. The van der Waals surface area contributed by atoms with Crippen molar-refractivity contribution in [3.63, 3.8) is 0 Å². The first-order valence-electron chi connectivity index (χ1n) is 6.09. The van der Waals surface area contributed by atoms with Gasteiger partial charge in [0.1, 0.15) is 0 Å². The van der Waals surface area contributed by atoms with Gasteiger partial charge < -0.3 is 5.11 Å². The molecule has 1 aromatic heterocycles. The zero-order chi connectivity index (χ0) is 14.1. The van der Waals surface area contributed by atoms with Crippen LogP contribution in [0.1, 0.15) is 5.69 Å². The average Bonchev–Trinajstić information content (AvgIpc) is 2.78. The minimum atomic E-state index is -0.883. The lowest BCUT2D eigenvalue weighted by atomic mass is 10.1. The van der Waals surface area contributed by atoms with Crippen LogP contribution < -0.4 is 0 Å². The number of fused-ring (bicyclic) bond motifs is 1. The van der Waals surface area contributed by atoms with Gasteiger partial charge in [-0.05, 0) is 30.3 Å². The highest BCUT2D eigenvalue weighted by atomic mass is 35.5. The number of aromatic nitrogens is 2. The van der Waals surface area contributed by atoms with Gasteiger partial charge in [-0.1, -0.05) is 29.8 Å². The van der Waals surface area contributed by atoms with E-state index in [1.165, 1.54) is 0 Å². The summed E-state index contributed by atoms with van der Waals surface area (Å²) in [7, 11) is 0. The molecule has 1 heterocycles. The van der Waals surface area contributed by atoms with Gasteiger partial charge in [0.2, 0.25) is 0 Å². The quantitative estimate of drug-likeness (QED) is 0.804. The van der Waals surface area contributed by atoms with Crippen LogP contribution in [0.25, 0.3) is 16.6 Å². The maximum Gasteiger partial charge on any atom is 0.309 e. The Morgan fingerprint density at radius 2 is 1.85 bits per heavy atom. The lowest BCUT2D eigenvalue weighted by molar-refractivity contribution is -0.136. The summed E-state index contributed by atoms with van der Waals surface area (Å²) in [6.45, 7) is 0. The van der Waals surface area contributed by atoms with E-state index >= 15 is 0 Å². The number of carbonyl (C=O) groups is 1. The molecule has 0 aliphatic rings. The second-order valence-electron chi connectivity index (χ2n) is 4.42. The van der Waals surface area contributed by atoms with Crippen molar-refractivity contribution in [3.05, 3.63) is 59.2 Å². The van der Waals surface area contributed by atoms with Crippen LogP contribution in [0.15, 0.2) is 48.5 Å². The van der Waals surface area contributed by atoms with Gasteiger partial charge in [-0.2, -0.15) is 5.10 Å². The summed E-state index contributed by atoms with van der Waals surface area (Å²) in [6.07, 6.45) is -0.0802. The summed E-state index contributed by atoms with van der Waals surface area (Å²) in [5.74, 6) is -0.883. The Balaban J connectivity index is 2.23. The van der Waals surface area contributed by atoms with Gasteiger partial charge in [-0.25, -0.2) is 4.68 Å². The third-order valence-corrected chi connectivity index (χ3v) is 3.32. The largest absolute Gasteiger partial charge is 0.481 e. The van der Waals surface area contributed by atoms with Crippen molar-refractivity contribution in [3.8, 4) is 5.69 Å². The van der Waals surface area contributed by atoms with Crippen LogP contribution in [0.4, 0.5) is 0 Å². The van der Waals surface area contributed by atoms with Gasteiger partial charge in [0.15, 0.2) is 0 Å². The number of hydrogen-bond acceptors (Lipinski definition) is 2. The van der Waals surface area contributed by atoms with Crippen molar-refractivity contribution in [1.82, 2.24) is 9.78 Å². The van der Waals surface area contributed by atoms with Crippen molar-refractivity contribution in [2.24, 2.45) is 0 Å². The predicted molar refractivity (Wildman–Crippen MR) is 77.4 cm³/mol. The molecule has 0 bridgehead atoms. The number of aliphatic carboxylic acids is 1. The van der Waals surface area contributed by atoms with Crippen LogP contribution in [0.2, 0.25) is 5.02 Å². The number of nitrogens with zero attached hydrogens (tertiary/aromatic N) is 2. The molecule has 0 saturated carbocycles. The molecule has 0 aliphatic carbocycles. The van der Waals surface area contributed by atoms with E-state index in [0.717, 1.165) is 16.6 Å². The number of carboxylic acid groups (broad SMARTS) is 1. The topological polar surface area (TPSA) is 55.1 Å². The normalized spacial score (nSPS) is 10.8. The average molecular weight is 287 g/mol. The molecule has 5 heteroatoms. The first-order valence-corrected chi connectivity index (χ1v) is 6.47. The van der Waals surface area contributed by atoms with Gasteiger partial charge in [-0.3, -0.25) is 4.79 Å². The third kappa shape index (κ3) is 2.26. The first kappa shape index (κ1) is 12.7. The molecule has 0 saturated heterocycles. The van der Waals surface area contributed by atoms with E-state index in [-0.39, 0.29) is 6.42 Å². The fourth-order valence-electron chi connectivity index (χ4n) is 2.20. The molecule has 0 atom stereocenters. The Hall–Kier alpha value is -2.33. The molecule has 0 spiro atoms. The van der Waals surface area contributed by atoms with E-state index < -0.39 is 5.97 Å². The second kappa shape index (κ2) is 4.98. The Bertz CT molecular complexity index is 778. The summed E-state index contributed by atoms with van der Waals surface area (Å²) in [5, 5.41) is 15.1. The van der Waals surface area contributed by atoms with Gasteiger partial charge >= 0.3 is 5.97 Å². The van der Waals surface area contributed by atoms with Crippen molar-refractivity contribution in [2.75, 3.05) is 0 Å². The van der Waals surface area contributed by atoms with Crippen LogP contribution >= 0.6 is 11.6 Å². The molecule has 1 N–H and O–H groups in total. The lowest BCUT2D eigenvalue weighted by Gasteiger charge is -2.06. The van der Waals surface area contributed by atoms with Crippen molar-refractivity contribution >= 4 is 28.5 Å². The standard InChI is InChI=1S/C15H11ClN2O2/c16-10-5-7-11(8-6-10)18-14(9-15(19)20)12-3-1-2-4-13(12)17-18/h1-8H,9H2,(H,19,20). The minimum Gasteiger partial charge on any atom is -0.481 e. The number of hydrogen-bond donors (Lipinski definition) is 1. The maximum absolute atomic E-state index is 11.1. The van der Waals surface area contributed by atoms with Gasteiger partial charge in [-0.15, -0.1) is 0 Å². The minimum absolute atomic E-state index is 0.0802. The van der Waals surface area contributed by atoms with E-state index in [4.69, 9.17) is 16.7 Å². The number of benzene rings is 2. The van der Waals surface area contributed by atoms with Crippen LogP contribution in [0.3, 0.4) is 0 Å². The smallest absolute Gasteiger partial charge is 0.309 e. The lowest BCUT2D eigenvalue weighted by Crippen LogP contribution is -2.08. The summed E-state index contributed by atoms with van der Waals surface area (Å²) in [6, 6.07) is 14.7. The summed E-state index contributed by atoms with van der Waals surface area (Å²) >= 11 is 5.88. The fourth-order valence-corrected chi connectivity index (χ4v) is 2.32. The fraction of sp³-hybridized carbons (Fsp3) is 0.0667. The van der Waals surface area contributed by atoms with Gasteiger partial charge in [0.25, 0.3) is 0 Å². The van der Waals surface area contributed by atoms with Crippen molar-refractivity contribution < 1.29 is 9.90 Å². The van der Waals surface area contributed by atoms with Crippen LogP contribution in [-0.4, -0.2) is 20.9 Å². The number of carboxylic acids is 1. The highest BCUT2D eigenvalue weighted by Crippen LogP contribution is 2.23. The zero-order valence-electron chi connectivity index (χ0n) is 10.5. The second-order valence-corrected chi connectivity index (χ2v) is 4.86. The van der Waals surface area contributed by atoms with E-state index in [9.17, 15) is 4.79 Å². The monoisotopic (exact) mass is 286 g/mol. The summed E-state index contributed by atoms with van der Waals surface area (Å²) in [4.78, 5) is 11.1. The van der Waals surface area contributed by atoms with Gasteiger partial charge in [0.05, 0.1) is 23.3 Å². The highest BCUT2D eigenvalue weighted by Gasteiger charge is 2.15. The van der Waals surface area contributed by atoms with Crippen LogP contribution in [0.5, 0.6) is 0 Å². The Morgan fingerprint density at radius 3 is 2.55 bits per heavy atom. The van der Waals surface area contributed by atoms with E-state index in [1.54, 1.807) is 16.8 Å². The maximum atomic E-state index is 11.1. The molecule has 3 rings (SSSR count). The number of rotatable bonds is 3. The van der Waals surface area contributed by atoms with E-state index in [0.29, 0.717) is 10.7 Å². The molecule has 3 aromatic rings. The van der Waals surface area contributed by atoms with Crippen LogP contribution in [0, 0.1) is 0 Å². The highest BCUT2D eigenvalue weighted by molar-refractivity contribution is 6.30. The molecular weight excluding hydrogens is 276 g/mol. The molecular formula is C15H11ClN2O2. The molecule has 0 radical (unpaired) electrons. The first-order chi connectivity index (χ1) is 9.65. The Morgan fingerprint density at radius 1 is 1.15 bits per heavy atom. The zero-order valence-corrected chi connectivity index (χ0v) is 11.2. The van der Waals surface area contributed by atoms with Crippen molar-refractivity contribution in [1.29, 1.82) is 0 Å². The van der Waals surface area contributed by atoms with E-state index in [1.807, 2.05) is 36.4 Å². The SMILES string of the molecule is O=C(O)Cc1c2ccccc2nn1-c1ccc(Cl)cc1. The predicted octanol–water partition coefficient (Wildman–Crippen LogP) is 3.31. The molecule has 100 valence electrons. The summed E-state index contributed by atoms with van der Waals surface area (Å²) in [5.41, 5.74) is 2.23. The van der Waals surface area contributed by atoms with Gasteiger partial charge in [0, 0.05) is 10.4 Å². The third-order valence-electron chi connectivity index (χ3n) is 3.07. The summed E-state index contributed by atoms with van der Waals surface area (Å²) < 4.78 is 1.66. The molecule has 2 aromatic carbocycles. The van der Waals surface area contributed by atoms with E-state index in [2.05, 4.69) is 5.10 Å². The molecule has 20 heavy (non-hydrogen) atoms. The molecule has 0 fully saturated rings. The Labute approximate surface area is 120 Å². The molecule has 0 amide bonds. The van der Waals surface area contributed by atoms with Crippen LogP contribution in [-0.2, 0) is 11.2 Å².